The van der Waals surface area contributed by atoms with Gasteiger partial charge in [-0.05, 0) is 56.6 Å². The van der Waals surface area contributed by atoms with Crippen LogP contribution in [0, 0.1) is 5.41 Å². The molecule has 2 aliphatic heterocycles. The Morgan fingerprint density at radius 3 is 2.60 bits per heavy atom. The summed E-state index contributed by atoms with van der Waals surface area (Å²) in [5.74, 6) is -1.19. The minimum absolute atomic E-state index is 0.00661. The summed E-state index contributed by atoms with van der Waals surface area (Å²) in [5, 5.41) is 17.7. The van der Waals surface area contributed by atoms with E-state index in [-0.39, 0.29) is 36.5 Å². The number of aryl methyl sites for hydroxylation is 2. The van der Waals surface area contributed by atoms with Crippen molar-refractivity contribution >= 4 is 34.5 Å². The highest BCUT2D eigenvalue weighted by molar-refractivity contribution is 5.99. The number of aromatic amines is 1. The first kappa shape index (κ1) is 24.8. The molecule has 0 bridgehead atoms. The van der Waals surface area contributed by atoms with Crippen molar-refractivity contribution in [2.45, 2.75) is 76.8 Å². The number of nitrogens with two attached hydrogens (primary N) is 1. The lowest BCUT2D eigenvalue weighted by Crippen LogP contribution is -2.49. The summed E-state index contributed by atoms with van der Waals surface area (Å²) in [6.07, 6.45) is 5.57. The topological polar surface area (TPSA) is 144 Å². The third-order valence-electron chi connectivity index (χ3n) is 7.46. The Kier molecular flexibility index (Phi) is 7.42. The molecule has 0 radical (unpaired) electrons. The van der Waals surface area contributed by atoms with Gasteiger partial charge in [0.25, 0.3) is 0 Å². The third kappa shape index (κ3) is 5.18. The summed E-state index contributed by atoms with van der Waals surface area (Å²) in [6, 6.07) is 5.47. The average molecular weight is 482 g/mol. The van der Waals surface area contributed by atoms with E-state index in [4.69, 9.17) is 16.2 Å². The van der Waals surface area contributed by atoms with Gasteiger partial charge < -0.3 is 25.6 Å². The van der Waals surface area contributed by atoms with Crippen molar-refractivity contribution in [3.05, 3.63) is 35.0 Å². The van der Waals surface area contributed by atoms with Gasteiger partial charge in [0.2, 0.25) is 11.8 Å². The molecule has 2 saturated heterocycles. The molecule has 2 aromatic rings. The van der Waals surface area contributed by atoms with E-state index in [1.54, 1.807) is 4.90 Å². The number of aromatic nitrogens is 1. The van der Waals surface area contributed by atoms with Gasteiger partial charge >= 0.3 is 5.97 Å². The Hall–Kier alpha value is -3.36. The standard InChI is InChI=1S/C26H35N5O4/c1-2-18-19-9-7-16(25(27)28)15-21(19)29-20(18)10-8-17-5-3-13-30(17)26(35)22-6-4-14-31(22)23(32)11-12-24(33)34/h7,9,15,17,22,29H,2-6,8,10-14H2,1H3,(H3,27,28)(H,33,34)/t17-,22+/m0/s1. The number of hydrogen-bond donors (Lipinski definition) is 4. The van der Waals surface area contributed by atoms with Crippen molar-refractivity contribution in [1.29, 1.82) is 5.41 Å². The number of rotatable bonds is 9. The van der Waals surface area contributed by atoms with E-state index in [9.17, 15) is 14.4 Å². The van der Waals surface area contributed by atoms with Gasteiger partial charge in [0.1, 0.15) is 11.9 Å². The molecule has 1 aromatic heterocycles. The largest absolute Gasteiger partial charge is 0.481 e. The fourth-order valence-corrected chi connectivity index (χ4v) is 5.70. The van der Waals surface area contributed by atoms with Gasteiger partial charge in [0, 0.05) is 47.7 Å². The lowest BCUT2D eigenvalue weighted by Gasteiger charge is -2.31. The zero-order valence-corrected chi connectivity index (χ0v) is 20.3. The van der Waals surface area contributed by atoms with Crippen LogP contribution in [0.2, 0.25) is 0 Å². The summed E-state index contributed by atoms with van der Waals surface area (Å²) >= 11 is 0. The van der Waals surface area contributed by atoms with Gasteiger partial charge in [0.05, 0.1) is 6.42 Å². The number of fused-ring (bicyclic) bond motifs is 1. The predicted molar refractivity (Wildman–Crippen MR) is 133 cm³/mol. The molecule has 0 spiro atoms. The molecule has 1 aromatic carbocycles. The maximum absolute atomic E-state index is 13.5. The van der Waals surface area contributed by atoms with Crippen LogP contribution in [-0.2, 0) is 27.2 Å². The number of amidine groups is 1. The maximum Gasteiger partial charge on any atom is 0.303 e. The Labute approximate surface area is 205 Å². The van der Waals surface area contributed by atoms with Gasteiger partial charge in [-0.3, -0.25) is 19.8 Å². The minimum Gasteiger partial charge on any atom is -0.481 e. The Balaban J connectivity index is 1.44. The number of nitrogen functional groups attached to an aromatic ring is 1. The quantitative estimate of drug-likeness (QED) is 0.322. The summed E-state index contributed by atoms with van der Waals surface area (Å²) in [6.45, 7) is 3.35. The van der Waals surface area contributed by atoms with Crippen molar-refractivity contribution in [2.24, 2.45) is 5.73 Å². The Bertz CT molecular complexity index is 1140. The number of carbonyl (C=O) groups is 3. The van der Waals surface area contributed by atoms with Crippen LogP contribution < -0.4 is 5.73 Å². The minimum atomic E-state index is -0.999. The van der Waals surface area contributed by atoms with Crippen molar-refractivity contribution in [3.8, 4) is 0 Å². The van der Waals surface area contributed by atoms with Crippen molar-refractivity contribution in [2.75, 3.05) is 13.1 Å². The summed E-state index contributed by atoms with van der Waals surface area (Å²) in [4.78, 5) is 44.0. The second-order valence-electron chi connectivity index (χ2n) is 9.61. The highest BCUT2D eigenvalue weighted by atomic mass is 16.4. The molecule has 0 aliphatic carbocycles. The molecule has 9 nitrogen and oxygen atoms in total. The number of nitrogens with zero attached hydrogens (tertiary/aromatic N) is 2. The molecule has 2 aliphatic rings. The van der Waals surface area contributed by atoms with E-state index in [1.165, 1.54) is 5.56 Å². The molecule has 4 rings (SSSR count). The molecule has 2 fully saturated rings. The second-order valence-corrected chi connectivity index (χ2v) is 9.61. The van der Waals surface area contributed by atoms with Gasteiger partial charge in [-0.1, -0.05) is 19.1 Å². The van der Waals surface area contributed by atoms with Crippen molar-refractivity contribution in [1.82, 2.24) is 14.8 Å². The van der Waals surface area contributed by atoms with Crippen LogP contribution in [-0.4, -0.2) is 68.7 Å². The smallest absolute Gasteiger partial charge is 0.303 e. The first-order valence-electron chi connectivity index (χ1n) is 12.6. The molecule has 9 heteroatoms. The molecule has 0 saturated carbocycles. The molecule has 2 atom stereocenters. The molecule has 35 heavy (non-hydrogen) atoms. The first-order valence-corrected chi connectivity index (χ1v) is 12.6. The van der Waals surface area contributed by atoms with E-state index in [0.29, 0.717) is 25.1 Å². The summed E-state index contributed by atoms with van der Waals surface area (Å²) in [7, 11) is 0. The number of H-pyrrole nitrogens is 1. The number of carbonyl (C=O) groups excluding carboxylic acids is 2. The first-order chi connectivity index (χ1) is 16.8. The normalized spacial score (nSPS) is 20.0. The highest BCUT2D eigenvalue weighted by Crippen LogP contribution is 2.30. The SMILES string of the molecule is CCc1c(CC[C@@H]2CCCN2C(=O)[C@H]2CCCN2C(=O)CCC(=O)O)[nH]c2cc(C(=N)N)ccc12. The fourth-order valence-electron chi connectivity index (χ4n) is 5.70. The van der Waals surface area contributed by atoms with E-state index >= 15 is 0 Å². The summed E-state index contributed by atoms with van der Waals surface area (Å²) in [5.41, 5.74) is 9.75. The van der Waals surface area contributed by atoms with E-state index in [1.807, 2.05) is 23.1 Å². The second kappa shape index (κ2) is 10.5. The monoisotopic (exact) mass is 481 g/mol. The molecule has 0 unspecified atom stereocenters. The Morgan fingerprint density at radius 2 is 1.89 bits per heavy atom. The molecule has 3 heterocycles. The highest BCUT2D eigenvalue weighted by Gasteiger charge is 2.39. The van der Waals surface area contributed by atoms with Gasteiger partial charge in [0.15, 0.2) is 0 Å². The number of carboxylic acid groups (broad SMARTS) is 1. The number of carboxylic acids is 1. The van der Waals surface area contributed by atoms with Gasteiger partial charge in [-0.15, -0.1) is 0 Å². The van der Waals surface area contributed by atoms with Crippen molar-refractivity contribution in [3.63, 3.8) is 0 Å². The molecule has 5 N–H and O–H groups in total. The average Bonchev–Trinajstić information content (AvgIpc) is 3.57. The number of likely N-dealkylation sites (tertiary alicyclic amines) is 2. The number of aliphatic carboxylic acids is 1. The Morgan fingerprint density at radius 1 is 1.14 bits per heavy atom. The van der Waals surface area contributed by atoms with Crippen LogP contribution in [0.25, 0.3) is 10.9 Å². The summed E-state index contributed by atoms with van der Waals surface area (Å²) < 4.78 is 0. The van der Waals surface area contributed by atoms with Crippen LogP contribution in [0.3, 0.4) is 0 Å². The van der Waals surface area contributed by atoms with Gasteiger partial charge in [-0.25, -0.2) is 0 Å². The van der Waals surface area contributed by atoms with Crippen LogP contribution in [0.4, 0.5) is 0 Å². The van der Waals surface area contributed by atoms with Crippen molar-refractivity contribution < 1.29 is 19.5 Å². The zero-order valence-electron chi connectivity index (χ0n) is 20.3. The van der Waals surface area contributed by atoms with E-state index < -0.39 is 12.0 Å². The van der Waals surface area contributed by atoms with Gasteiger partial charge in [-0.2, -0.15) is 0 Å². The number of nitrogens with one attached hydrogen (secondary N) is 2. The molecular formula is C26H35N5O4. The fraction of sp³-hybridized carbons (Fsp3) is 0.538. The maximum atomic E-state index is 13.5. The van der Waals surface area contributed by atoms with E-state index in [2.05, 4.69) is 11.9 Å². The lowest BCUT2D eigenvalue weighted by atomic mass is 10.0. The van der Waals surface area contributed by atoms with Crippen LogP contribution in [0.5, 0.6) is 0 Å². The molecule has 2 amide bonds. The number of hydrogen-bond acceptors (Lipinski definition) is 4. The van der Waals surface area contributed by atoms with Crippen LogP contribution in [0.1, 0.15) is 68.7 Å². The van der Waals surface area contributed by atoms with Crippen LogP contribution in [0.15, 0.2) is 18.2 Å². The van der Waals surface area contributed by atoms with E-state index in [0.717, 1.165) is 55.1 Å². The zero-order chi connectivity index (χ0) is 25.1. The number of amides is 2. The van der Waals surface area contributed by atoms with Crippen LogP contribution >= 0.6 is 0 Å². The predicted octanol–water partition coefficient (Wildman–Crippen LogP) is 2.79. The number of benzene rings is 1. The third-order valence-corrected chi connectivity index (χ3v) is 7.46. The molecule has 188 valence electrons. The molecular weight excluding hydrogens is 446 g/mol. The lowest BCUT2D eigenvalue weighted by molar-refractivity contribution is -0.146.